The van der Waals surface area contributed by atoms with Gasteiger partial charge in [0.05, 0.1) is 0 Å². The molecule has 0 bridgehead atoms. The zero-order valence-corrected chi connectivity index (χ0v) is 7.10. The van der Waals surface area contributed by atoms with Gasteiger partial charge in [-0.25, -0.2) is 4.99 Å². The number of fused-ring (bicyclic) bond motifs is 1. The largest absolute Gasteiger partial charge is 0.491 e. The number of ether oxygens (including phenoxy) is 1. The summed E-state index contributed by atoms with van der Waals surface area (Å²) in [7, 11) is 0. The standard InChI is InChI=1S/C9H11N3O/c10-9(11)12-7-5-13-8-4-2-1-3-6(7)8/h1-4,7H,5H2,(H4,10,11,12). The van der Waals surface area contributed by atoms with Gasteiger partial charge >= 0.3 is 0 Å². The molecule has 1 unspecified atom stereocenters. The minimum Gasteiger partial charge on any atom is -0.491 e. The molecule has 4 N–H and O–H groups in total. The Kier molecular flexibility index (Phi) is 1.81. The highest BCUT2D eigenvalue weighted by Crippen LogP contribution is 2.33. The highest BCUT2D eigenvalue weighted by molar-refractivity contribution is 5.76. The van der Waals surface area contributed by atoms with Gasteiger partial charge in [0.1, 0.15) is 18.4 Å². The third-order valence-electron chi connectivity index (χ3n) is 1.98. The van der Waals surface area contributed by atoms with Crippen LogP contribution in [-0.4, -0.2) is 12.6 Å². The Morgan fingerprint density at radius 1 is 1.38 bits per heavy atom. The van der Waals surface area contributed by atoms with Gasteiger partial charge in [0.2, 0.25) is 0 Å². The predicted octanol–water partition coefficient (Wildman–Crippen LogP) is 0.393. The summed E-state index contributed by atoms with van der Waals surface area (Å²) in [6.45, 7) is 0.525. The Labute approximate surface area is 76.2 Å². The number of benzene rings is 1. The van der Waals surface area contributed by atoms with E-state index >= 15 is 0 Å². The summed E-state index contributed by atoms with van der Waals surface area (Å²) < 4.78 is 5.39. The highest BCUT2D eigenvalue weighted by atomic mass is 16.5. The van der Waals surface area contributed by atoms with Crippen LogP contribution in [0.25, 0.3) is 0 Å². The molecule has 4 nitrogen and oxygen atoms in total. The first kappa shape index (κ1) is 7.91. The lowest BCUT2D eigenvalue weighted by Gasteiger charge is -2.01. The molecule has 0 radical (unpaired) electrons. The molecule has 0 saturated carbocycles. The summed E-state index contributed by atoms with van der Waals surface area (Å²) in [4.78, 5) is 4.06. The van der Waals surface area contributed by atoms with Crippen LogP contribution in [0.4, 0.5) is 0 Å². The summed E-state index contributed by atoms with van der Waals surface area (Å²) in [5.41, 5.74) is 11.7. The molecular formula is C9H11N3O. The smallest absolute Gasteiger partial charge is 0.186 e. The van der Waals surface area contributed by atoms with Crippen molar-refractivity contribution in [2.24, 2.45) is 16.5 Å². The molecule has 1 aliphatic heterocycles. The Bertz CT molecular complexity index is 344. The Morgan fingerprint density at radius 3 is 2.92 bits per heavy atom. The molecule has 13 heavy (non-hydrogen) atoms. The Hall–Kier alpha value is -1.71. The zero-order chi connectivity index (χ0) is 9.26. The molecule has 68 valence electrons. The van der Waals surface area contributed by atoms with E-state index in [0.29, 0.717) is 6.61 Å². The molecule has 0 saturated heterocycles. The number of hydrogen-bond donors (Lipinski definition) is 2. The molecule has 1 aliphatic rings. The normalized spacial score (nSPS) is 18.9. The van der Waals surface area contributed by atoms with Gasteiger partial charge in [-0.15, -0.1) is 0 Å². The SMILES string of the molecule is NC(N)=NC1COc2ccccc21. The van der Waals surface area contributed by atoms with E-state index in [1.54, 1.807) is 0 Å². The van der Waals surface area contributed by atoms with E-state index in [9.17, 15) is 0 Å². The van der Waals surface area contributed by atoms with Crippen LogP contribution in [0.15, 0.2) is 29.3 Å². The molecule has 1 atom stereocenters. The molecule has 0 aromatic heterocycles. The van der Waals surface area contributed by atoms with Gasteiger partial charge in [-0.3, -0.25) is 0 Å². The average Bonchev–Trinajstić information content (AvgIpc) is 2.48. The maximum absolute atomic E-state index is 5.39. The fraction of sp³-hybridized carbons (Fsp3) is 0.222. The molecule has 0 spiro atoms. The number of nitrogens with zero attached hydrogens (tertiary/aromatic N) is 1. The lowest BCUT2D eigenvalue weighted by molar-refractivity contribution is 0.334. The fourth-order valence-electron chi connectivity index (χ4n) is 1.43. The van der Waals surface area contributed by atoms with Crippen LogP contribution >= 0.6 is 0 Å². The van der Waals surface area contributed by atoms with E-state index in [0.717, 1.165) is 11.3 Å². The summed E-state index contributed by atoms with van der Waals surface area (Å²) in [5, 5.41) is 0. The average molecular weight is 177 g/mol. The second-order valence-corrected chi connectivity index (χ2v) is 2.92. The number of guanidine groups is 1. The summed E-state index contributed by atoms with van der Waals surface area (Å²) >= 11 is 0. The van der Waals surface area contributed by atoms with Crippen molar-refractivity contribution in [2.75, 3.05) is 6.61 Å². The lowest BCUT2D eigenvalue weighted by Crippen LogP contribution is -2.24. The molecular weight excluding hydrogens is 166 g/mol. The van der Waals surface area contributed by atoms with Gasteiger partial charge in [-0.2, -0.15) is 0 Å². The van der Waals surface area contributed by atoms with Crippen molar-refractivity contribution in [2.45, 2.75) is 6.04 Å². The van der Waals surface area contributed by atoms with E-state index in [4.69, 9.17) is 16.2 Å². The number of para-hydroxylation sites is 1. The van der Waals surface area contributed by atoms with Crippen molar-refractivity contribution >= 4 is 5.96 Å². The maximum atomic E-state index is 5.39. The van der Waals surface area contributed by atoms with Gasteiger partial charge < -0.3 is 16.2 Å². The summed E-state index contributed by atoms with van der Waals surface area (Å²) in [6.07, 6.45) is 0. The van der Waals surface area contributed by atoms with Gasteiger partial charge in [0, 0.05) is 5.56 Å². The van der Waals surface area contributed by atoms with Gasteiger partial charge in [0.15, 0.2) is 5.96 Å². The minimum atomic E-state index is -0.0406. The Morgan fingerprint density at radius 2 is 2.15 bits per heavy atom. The molecule has 0 aliphatic carbocycles. The minimum absolute atomic E-state index is 0.0406. The van der Waals surface area contributed by atoms with Crippen molar-refractivity contribution < 1.29 is 4.74 Å². The van der Waals surface area contributed by atoms with Crippen molar-refractivity contribution in [3.63, 3.8) is 0 Å². The first-order valence-electron chi connectivity index (χ1n) is 4.08. The van der Waals surface area contributed by atoms with E-state index in [1.165, 1.54) is 0 Å². The van der Waals surface area contributed by atoms with E-state index in [1.807, 2.05) is 24.3 Å². The molecule has 1 aromatic carbocycles. The van der Waals surface area contributed by atoms with Crippen LogP contribution in [0.1, 0.15) is 11.6 Å². The van der Waals surface area contributed by atoms with Crippen molar-refractivity contribution in [1.29, 1.82) is 0 Å². The number of nitrogens with two attached hydrogens (primary N) is 2. The van der Waals surface area contributed by atoms with Crippen LogP contribution in [0.3, 0.4) is 0 Å². The van der Waals surface area contributed by atoms with Crippen LogP contribution in [0, 0.1) is 0 Å². The third kappa shape index (κ3) is 1.42. The van der Waals surface area contributed by atoms with Crippen LogP contribution in [0.5, 0.6) is 5.75 Å². The first-order chi connectivity index (χ1) is 6.27. The van der Waals surface area contributed by atoms with Crippen LogP contribution in [-0.2, 0) is 0 Å². The summed E-state index contributed by atoms with van der Waals surface area (Å²) in [5.74, 6) is 0.975. The quantitative estimate of drug-likeness (QED) is 0.481. The van der Waals surface area contributed by atoms with E-state index < -0.39 is 0 Å². The van der Waals surface area contributed by atoms with Crippen molar-refractivity contribution in [1.82, 2.24) is 0 Å². The summed E-state index contributed by atoms with van der Waals surface area (Å²) in [6, 6.07) is 7.72. The Balaban J connectivity index is 2.33. The molecule has 0 amide bonds. The van der Waals surface area contributed by atoms with Crippen LogP contribution in [0.2, 0.25) is 0 Å². The molecule has 1 aromatic rings. The predicted molar refractivity (Wildman–Crippen MR) is 50.5 cm³/mol. The van der Waals surface area contributed by atoms with Crippen molar-refractivity contribution in [3.8, 4) is 5.75 Å². The van der Waals surface area contributed by atoms with Crippen LogP contribution < -0.4 is 16.2 Å². The molecule has 2 rings (SSSR count). The number of aliphatic imine (C=N–C) groups is 1. The fourth-order valence-corrected chi connectivity index (χ4v) is 1.43. The van der Waals surface area contributed by atoms with Crippen molar-refractivity contribution in [3.05, 3.63) is 29.8 Å². The topological polar surface area (TPSA) is 73.6 Å². The second kappa shape index (κ2) is 2.97. The molecule has 4 heteroatoms. The zero-order valence-electron chi connectivity index (χ0n) is 7.10. The highest BCUT2D eigenvalue weighted by Gasteiger charge is 2.22. The maximum Gasteiger partial charge on any atom is 0.186 e. The first-order valence-corrected chi connectivity index (χ1v) is 4.08. The second-order valence-electron chi connectivity index (χ2n) is 2.92. The molecule has 1 heterocycles. The van der Waals surface area contributed by atoms with Gasteiger partial charge in [-0.1, -0.05) is 18.2 Å². The molecule has 0 fully saturated rings. The monoisotopic (exact) mass is 177 g/mol. The number of rotatable bonds is 1. The number of hydrogen-bond acceptors (Lipinski definition) is 2. The lowest BCUT2D eigenvalue weighted by atomic mass is 10.1. The third-order valence-corrected chi connectivity index (χ3v) is 1.98. The van der Waals surface area contributed by atoms with Gasteiger partial charge in [0.25, 0.3) is 0 Å². The van der Waals surface area contributed by atoms with Gasteiger partial charge in [-0.05, 0) is 6.07 Å². The van der Waals surface area contributed by atoms with E-state index in [2.05, 4.69) is 4.99 Å². The van der Waals surface area contributed by atoms with E-state index in [-0.39, 0.29) is 12.0 Å².